The van der Waals surface area contributed by atoms with E-state index >= 15 is 0 Å². The van der Waals surface area contributed by atoms with Gasteiger partial charge in [-0.1, -0.05) is 42.2 Å². The fraction of sp³-hybridized carbons (Fsp3) is 0.444. The average Bonchev–Trinajstić information content (AvgIpc) is 2.82. The molecule has 0 N–H and O–H groups in total. The van der Waals surface area contributed by atoms with Gasteiger partial charge in [-0.05, 0) is 69.0 Å². The molecule has 2 aromatic rings. The molecular weight excluding hydrogens is 386 g/mol. The van der Waals surface area contributed by atoms with Crippen LogP contribution in [0.25, 0.3) is 0 Å². The van der Waals surface area contributed by atoms with Crippen molar-refractivity contribution in [1.29, 1.82) is 0 Å². The summed E-state index contributed by atoms with van der Waals surface area (Å²) in [6.45, 7) is 6.28. The van der Waals surface area contributed by atoms with E-state index in [1.807, 2.05) is 37.3 Å². The van der Waals surface area contributed by atoms with Crippen molar-refractivity contribution in [3.8, 4) is 17.6 Å². The lowest BCUT2D eigenvalue weighted by Gasteiger charge is -2.42. The number of esters is 1. The summed E-state index contributed by atoms with van der Waals surface area (Å²) < 4.78 is 11.1. The lowest BCUT2D eigenvalue weighted by atomic mass is 9.79. The molecule has 3 saturated heterocycles. The Morgan fingerprint density at radius 2 is 1.94 bits per heavy atom. The number of carbonyl (C=O) groups excluding carboxylic acids is 1. The highest BCUT2D eigenvalue weighted by Gasteiger charge is 2.32. The SMILES string of the molecule is CCOC(=O)CCc1ccc(C#CC2CN3CCC2CC3)c(COc2ccccc2)c1. The van der Waals surface area contributed by atoms with E-state index < -0.39 is 0 Å². The summed E-state index contributed by atoms with van der Waals surface area (Å²) in [5, 5.41) is 0. The van der Waals surface area contributed by atoms with E-state index in [2.05, 4.69) is 34.9 Å². The van der Waals surface area contributed by atoms with Crippen LogP contribution in [0.2, 0.25) is 0 Å². The smallest absolute Gasteiger partial charge is 0.306 e. The molecule has 3 heterocycles. The quantitative estimate of drug-likeness (QED) is 0.493. The van der Waals surface area contributed by atoms with Gasteiger partial charge in [0.25, 0.3) is 0 Å². The predicted octanol–water partition coefficient (Wildman–Crippen LogP) is 4.45. The van der Waals surface area contributed by atoms with Gasteiger partial charge in [-0.2, -0.15) is 0 Å². The van der Waals surface area contributed by atoms with E-state index in [0.717, 1.165) is 34.9 Å². The zero-order valence-electron chi connectivity index (χ0n) is 18.3. The number of rotatable bonds is 7. The molecule has 0 amide bonds. The summed E-state index contributed by atoms with van der Waals surface area (Å²) in [4.78, 5) is 14.3. The molecule has 4 heteroatoms. The standard InChI is InChI=1S/C27H31NO3/c1-2-30-27(29)13-9-21-8-10-22(11-12-24-19-28-16-14-23(24)15-17-28)25(18-21)20-31-26-6-4-3-5-7-26/h3-8,10,18,23-24H,2,9,13-17,19-20H2,1H3. The van der Waals surface area contributed by atoms with Crippen molar-refractivity contribution in [2.24, 2.45) is 11.8 Å². The number of ether oxygens (including phenoxy) is 2. The first kappa shape index (κ1) is 21.5. The number of hydrogen-bond donors (Lipinski definition) is 0. The van der Waals surface area contributed by atoms with E-state index in [1.165, 1.54) is 25.9 Å². The summed E-state index contributed by atoms with van der Waals surface area (Å²) in [5.41, 5.74) is 3.19. The second-order valence-corrected chi connectivity index (χ2v) is 8.41. The normalized spacial score (nSPS) is 21.8. The molecule has 0 aliphatic carbocycles. The van der Waals surface area contributed by atoms with Crippen molar-refractivity contribution in [2.45, 2.75) is 39.2 Å². The number of carbonyl (C=O) groups is 1. The number of aryl methyl sites for hydroxylation is 1. The van der Waals surface area contributed by atoms with Gasteiger partial charge in [0.1, 0.15) is 12.4 Å². The Balaban J connectivity index is 1.50. The lowest BCUT2D eigenvalue weighted by Crippen LogP contribution is -2.46. The Morgan fingerprint density at radius 3 is 2.65 bits per heavy atom. The second-order valence-electron chi connectivity index (χ2n) is 8.41. The molecule has 4 nitrogen and oxygen atoms in total. The highest BCUT2D eigenvalue weighted by molar-refractivity contribution is 5.69. The average molecular weight is 418 g/mol. The Hall–Kier alpha value is -2.77. The van der Waals surface area contributed by atoms with Crippen LogP contribution in [0.1, 0.15) is 42.9 Å². The van der Waals surface area contributed by atoms with Crippen LogP contribution in [0.3, 0.4) is 0 Å². The van der Waals surface area contributed by atoms with Gasteiger partial charge < -0.3 is 14.4 Å². The van der Waals surface area contributed by atoms with Crippen molar-refractivity contribution in [3.05, 3.63) is 65.2 Å². The van der Waals surface area contributed by atoms with Crippen LogP contribution in [-0.2, 0) is 22.6 Å². The lowest BCUT2D eigenvalue weighted by molar-refractivity contribution is -0.143. The van der Waals surface area contributed by atoms with Gasteiger partial charge in [-0.15, -0.1) is 0 Å². The van der Waals surface area contributed by atoms with Crippen LogP contribution < -0.4 is 4.74 Å². The van der Waals surface area contributed by atoms with Crippen molar-refractivity contribution in [3.63, 3.8) is 0 Å². The maximum Gasteiger partial charge on any atom is 0.306 e. The van der Waals surface area contributed by atoms with E-state index in [9.17, 15) is 4.79 Å². The van der Waals surface area contributed by atoms with Gasteiger partial charge in [0.2, 0.25) is 0 Å². The van der Waals surface area contributed by atoms with Gasteiger partial charge in [0, 0.05) is 30.0 Å². The number of nitrogens with zero attached hydrogens (tertiary/aromatic N) is 1. The molecule has 31 heavy (non-hydrogen) atoms. The number of piperidine rings is 3. The third-order valence-electron chi connectivity index (χ3n) is 6.28. The monoisotopic (exact) mass is 417 g/mol. The van der Waals surface area contributed by atoms with Crippen LogP contribution >= 0.6 is 0 Å². The number of hydrogen-bond acceptors (Lipinski definition) is 4. The van der Waals surface area contributed by atoms with Crippen LogP contribution in [0.4, 0.5) is 0 Å². The molecule has 1 atom stereocenters. The maximum absolute atomic E-state index is 11.7. The number of para-hydroxylation sites is 1. The van der Waals surface area contributed by atoms with Gasteiger partial charge in [-0.25, -0.2) is 0 Å². The molecule has 0 spiro atoms. The first-order chi connectivity index (χ1) is 15.2. The molecule has 0 saturated carbocycles. The van der Waals surface area contributed by atoms with Gasteiger partial charge in [-0.3, -0.25) is 4.79 Å². The van der Waals surface area contributed by atoms with Gasteiger partial charge >= 0.3 is 5.97 Å². The van der Waals surface area contributed by atoms with E-state index in [-0.39, 0.29) is 5.97 Å². The first-order valence-electron chi connectivity index (χ1n) is 11.4. The fourth-order valence-electron chi connectivity index (χ4n) is 4.50. The molecular formula is C27H31NO3. The summed E-state index contributed by atoms with van der Waals surface area (Å²) in [6.07, 6.45) is 3.59. The maximum atomic E-state index is 11.7. The van der Waals surface area contributed by atoms with E-state index in [4.69, 9.17) is 9.47 Å². The van der Waals surface area contributed by atoms with E-state index in [0.29, 0.717) is 32.0 Å². The summed E-state index contributed by atoms with van der Waals surface area (Å²) in [5.74, 6) is 8.94. The molecule has 2 bridgehead atoms. The predicted molar refractivity (Wildman–Crippen MR) is 122 cm³/mol. The second kappa shape index (κ2) is 10.5. The van der Waals surface area contributed by atoms with Crippen molar-refractivity contribution < 1.29 is 14.3 Å². The largest absolute Gasteiger partial charge is 0.489 e. The zero-order chi connectivity index (χ0) is 21.5. The zero-order valence-corrected chi connectivity index (χ0v) is 18.3. The third-order valence-corrected chi connectivity index (χ3v) is 6.28. The van der Waals surface area contributed by atoms with Crippen molar-refractivity contribution >= 4 is 5.97 Å². The van der Waals surface area contributed by atoms with Crippen molar-refractivity contribution in [2.75, 3.05) is 26.2 Å². The molecule has 5 rings (SSSR count). The highest BCUT2D eigenvalue weighted by atomic mass is 16.5. The Morgan fingerprint density at radius 1 is 1.13 bits per heavy atom. The summed E-state index contributed by atoms with van der Waals surface area (Å²) >= 11 is 0. The molecule has 2 aromatic carbocycles. The van der Waals surface area contributed by atoms with Crippen molar-refractivity contribution in [1.82, 2.24) is 4.90 Å². The topological polar surface area (TPSA) is 38.8 Å². The fourth-order valence-corrected chi connectivity index (χ4v) is 4.50. The number of benzene rings is 2. The minimum Gasteiger partial charge on any atom is -0.489 e. The molecule has 3 fully saturated rings. The van der Waals surface area contributed by atoms with Gasteiger partial charge in [0.15, 0.2) is 0 Å². The third kappa shape index (κ3) is 5.89. The van der Waals surface area contributed by atoms with Crippen LogP contribution in [0, 0.1) is 23.7 Å². The van der Waals surface area contributed by atoms with E-state index in [1.54, 1.807) is 0 Å². The highest BCUT2D eigenvalue weighted by Crippen LogP contribution is 2.31. The Labute approximate surface area is 185 Å². The molecule has 162 valence electrons. The Kier molecular flexibility index (Phi) is 7.27. The first-order valence-corrected chi connectivity index (χ1v) is 11.4. The molecule has 0 aromatic heterocycles. The van der Waals surface area contributed by atoms with Crippen LogP contribution in [0.5, 0.6) is 5.75 Å². The van der Waals surface area contributed by atoms with Gasteiger partial charge in [0.05, 0.1) is 6.61 Å². The molecule has 0 radical (unpaired) electrons. The van der Waals surface area contributed by atoms with Crippen LogP contribution in [-0.4, -0.2) is 37.1 Å². The summed E-state index contributed by atoms with van der Waals surface area (Å²) in [7, 11) is 0. The molecule has 3 aliphatic heterocycles. The minimum atomic E-state index is -0.157. The minimum absolute atomic E-state index is 0.157. The van der Waals surface area contributed by atoms with Crippen LogP contribution in [0.15, 0.2) is 48.5 Å². The molecule has 3 aliphatic rings. The molecule has 1 unspecified atom stereocenters. The Bertz CT molecular complexity index is 936. The number of fused-ring (bicyclic) bond motifs is 3. The summed E-state index contributed by atoms with van der Waals surface area (Å²) in [6, 6.07) is 16.1.